The molecule has 0 saturated carbocycles. The van der Waals surface area contributed by atoms with Gasteiger partial charge in [0.1, 0.15) is 0 Å². The molecule has 0 aliphatic carbocycles. The summed E-state index contributed by atoms with van der Waals surface area (Å²) in [6.45, 7) is 2.03. The van der Waals surface area contributed by atoms with Gasteiger partial charge in [-0.05, 0) is 37.3 Å². The lowest BCUT2D eigenvalue weighted by Crippen LogP contribution is -2.17. The van der Waals surface area contributed by atoms with Gasteiger partial charge in [-0.3, -0.25) is 9.48 Å². The number of hydrogen-bond acceptors (Lipinski definition) is 2. The molecule has 0 aliphatic heterocycles. The Hall–Kier alpha value is -2.10. The fraction of sp³-hybridized carbons (Fsp3) is 0.375. The highest BCUT2D eigenvalue weighted by molar-refractivity contribution is 5.70. The molecule has 4 nitrogen and oxygen atoms in total. The number of rotatable bonds is 6. The predicted molar refractivity (Wildman–Crippen MR) is 77.5 cm³/mol. The van der Waals surface area contributed by atoms with Crippen molar-refractivity contribution < 1.29 is 9.90 Å². The van der Waals surface area contributed by atoms with E-state index in [0.29, 0.717) is 12.8 Å². The second kappa shape index (κ2) is 6.37. The van der Waals surface area contributed by atoms with Gasteiger partial charge in [-0.25, -0.2) is 0 Å². The summed E-state index contributed by atoms with van der Waals surface area (Å²) >= 11 is 0. The van der Waals surface area contributed by atoms with Crippen LogP contribution in [0.3, 0.4) is 0 Å². The third-order valence-corrected chi connectivity index (χ3v) is 3.49. The van der Waals surface area contributed by atoms with E-state index in [2.05, 4.69) is 5.10 Å². The second-order valence-corrected chi connectivity index (χ2v) is 5.29. The van der Waals surface area contributed by atoms with Gasteiger partial charge in [-0.2, -0.15) is 5.10 Å². The molecule has 1 unspecified atom stereocenters. The first-order valence-electron chi connectivity index (χ1n) is 6.80. The van der Waals surface area contributed by atoms with Gasteiger partial charge in [0.15, 0.2) is 0 Å². The Balaban J connectivity index is 1.96. The molecular weight excluding hydrogens is 252 g/mol. The number of carboxylic acid groups (broad SMARTS) is 1. The molecule has 0 fully saturated rings. The predicted octanol–water partition coefficient (Wildman–Crippen LogP) is 2.60. The second-order valence-electron chi connectivity index (χ2n) is 5.29. The average Bonchev–Trinajstić information content (AvgIpc) is 2.82. The Kier molecular flexibility index (Phi) is 4.56. The first-order valence-corrected chi connectivity index (χ1v) is 6.80. The van der Waals surface area contributed by atoms with E-state index < -0.39 is 5.97 Å². The molecule has 0 radical (unpaired) electrons. The number of benzene rings is 1. The van der Waals surface area contributed by atoms with E-state index in [1.807, 2.05) is 44.4 Å². The van der Waals surface area contributed by atoms with E-state index in [1.54, 1.807) is 10.9 Å². The third-order valence-electron chi connectivity index (χ3n) is 3.49. The fourth-order valence-electron chi connectivity index (χ4n) is 2.26. The normalized spacial score (nSPS) is 12.3. The van der Waals surface area contributed by atoms with Gasteiger partial charge in [-0.15, -0.1) is 0 Å². The lowest BCUT2D eigenvalue weighted by atomic mass is 9.93. The van der Waals surface area contributed by atoms with Gasteiger partial charge in [0.2, 0.25) is 0 Å². The summed E-state index contributed by atoms with van der Waals surface area (Å²) < 4.78 is 1.74. The maximum absolute atomic E-state index is 11.4. The minimum atomic E-state index is -0.727. The van der Waals surface area contributed by atoms with Crippen molar-refractivity contribution in [1.82, 2.24) is 9.78 Å². The van der Waals surface area contributed by atoms with Crippen LogP contribution in [0.25, 0.3) is 0 Å². The average molecular weight is 272 g/mol. The summed E-state index contributed by atoms with van der Waals surface area (Å²) in [5.74, 6) is -1.08. The molecule has 1 aromatic heterocycles. The van der Waals surface area contributed by atoms with Crippen LogP contribution in [0.15, 0.2) is 36.7 Å². The van der Waals surface area contributed by atoms with E-state index in [-0.39, 0.29) is 5.92 Å². The molecule has 0 aliphatic rings. The number of aryl methyl sites for hydroxylation is 3. The number of carboxylic acids is 1. The molecular formula is C16H20N2O2. The van der Waals surface area contributed by atoms with Crippen LogP contribution in [0.5, 0.6) is 0 Å². The highest BCUT2D eigenvalue weighted by atomic mass is 16.4. The Morgan fingerprint density at radius 2 is 2.00 bits per heavy atom. The molecule has 1 aromatic carbocycles. The van der Waals surface area contributed by atoms with Crippen LogP contribution in [-0.4, -0.2) is 20.9 Å². The molecule has 0 saturated heterocycles. The first-order chi connectivity index (χ1) is 9.54. The maximum Gasteiger partial charge on any atom is 0.306 e. The molecule has 106 valence electrons. The van der Waals surface area contributed by atoms with Crippen molar-refractivity contribution in [2.24, 2.45) is 13.0 Å². The zero-order valence-electron chi connectivity index (χ0n) is 11.9. The fourth-order valence-corrected chi connectivity index (χ4v) is 2.26. The standard InChI is InChI=1S/C16H20N2O2/c1-12-3-5-13(6-4-12)9-15(16(19)20)8-7-14-10-17-18(2)11-14/h3-6,10-11,15H,7-9H2,1-2H3,(H,19,20). The Bertz CT molecular complexity index is 572. The minimum absolute atomic E-state index is 0.349. The number of aromatic nitrogens is 2. The van der Waals surface area contributed by atoms with Crippen LogP contribution in [0, 0.1) is 12.8 Å². The smallest absolute Gasteiger partial charge is 0.306 e. The van der Waals surface area contributed by atoms with Crippen molar-refractivity contribution in [3.05, 3.63) is 53.3 Å². The van der Waals surface area contributed by atoms with Gasteiger partial charge in [0, 0.05) is 13.2 Å². The molecule has 20 heavy (non-hydrogen) atoms. The molecule has 1 heterocycles. The van der Waals surface area contributed by atoms with Gasteiger partial charge in [0.05, 0.1) is 12.1 Å². The Morgan fingerprint density at radius 1 is 1.30 bits per heavy atom. The van der Waals surface area contributed by atoms with E-state index in [9.17, 15) is 9.90 Å². The van der Waals surface area contributed by atoms with Crippen molar-refractivity contribution >= 4 is 5.97 Å². The number of carbonyl (C=O) groups is 1. The molecule has 0 spiro atoms. The monoisotopic (exact) mass is 272 g/mol. The van der Waals surface area contributed by atoms with Crippen LogP contribution < -0.4 is 0 Å². The zero-order valence-corrected chi connectivity index (χ0v) is 11.9. The van der Waals surface area contributed by atoms with Crippen LogP contribution in [0.2, 0.25) is 0 Å². The van der Waals surface area contributed by atoms with E-state index in [0.717, 1.165) is 17.5 Å². The van der Waals surface area contributed by atoms with Crippen LogP contribution in [-0.2, 0) is 24.7 Å². The van der Waals surface area contributed by atoms with Gasteiger partial charge >= 0.3 is 5.97 Å². The van der Waals surface area contributed by atoms with Crippen LogP contribution >= 0.6 is 0 Å². The van der Waals surface area contributed by atoms with Gasteiger partial charge in [0.25, 0.3) is 0 Å². The lowest BCUT2D eigenvalue weighted by Gasteiger charge is -2.12. The molecule has 1 N–H and O–H groups in total. The topological polar surface area (TPSA) is 55.1 Å². The Labute approximate surface area is 119 Å². The van der Waals surface area contributed by atoms with E-state index in [1.165, 1.54) is 5.56 Å². The summed E-state index contributed by atoms with van der Waals surface area (Å²) in [5.41, 5.74) is 3.35. The highest BCUT2D eigenvalue weighted by Gasteiger charge is 2.18. The molecule has 0 amide bonds. The lowest BCUT2D eigenvalue weighted by molar-refractivity contribution is -0.141. The minimum Gasteiger partial charge on any atom is -0.481 e. The quantitative estimate of drug-likeness (QED) is 0.879. The van der Waals surface area contributed by atoms with Crippen LogP contribution in [0.1, 0.15) is 23.1 Å². The summed E-state index contributed by atoms with van der Waals surface area (Å²) in [4.78, 5) is 11.4. The summed E-state index contributed by atoms with van der Waals surface area (Å²) in [6.07, 6.45) is 5.69. The molecule has 0 bridgehead atoms. The maximum atomic E-state index is 11.4. The third kappa shape index (κ3) is 3.95. The van der Waals surface area contributed by atoms with Gasteiger partial charge in [-0.1, -0.05) is 29.8 Å². The van der Waals surface area contributed by atoms with Crippen molar-refractivity contribution in [2.75, 3.05) is 0 Å². The number of hydrogen-bond donors (Lipinski definition) is 1. The summed E-state index contributed by atoms with van der Waals surface area (Å²) in [6, 6.07) is 8.06. The first kappa shape index (κ1) is 14.3. The van der Waals surface area contributed by atoms with E-state index in [4.69, 9.17) is 0 Å². The summed E-state index contributed by atoms with van der Waals surface area (Å²) in [5, 5.41) is 13.5. The Morgan fingerprint density at radius 3 is 2.55 bits per heavy atom. The van der Waals surface area contributed by atoms with Crippen molar-refractivity contribution in [1.29, 1.82) is 0 Å². The number of aliphatic carboxylic acids is 1. The van der Waals surface area contributed by atoms with Gasteiger partial charge < -0.3 is 5.11 Å². The SMILES string of the molecule is Cc1ccc(CC(CCc2cnn(C)c2)C(=O)O)cc1. The van der Waals surface area contributed by atoms with Crippen molar-refractivity contribution in [2.45, 2.75) is 26.2 Å². The zero-order chi connectivity index (χ0) is 14.5. The molecule has 4 heteroatoms. The number of nitrogens with zero attached hydrogens (tertiary/aromatic N) is 2. The van der Waals surface area contributed by atoms with E-state index >= 15 is 0 Å². The van der Waals surface area contributed by atoms with Crippen LogP contribution in [0.4, 0.5) is 0 Å². The largest absolute Gasteiger partial charge is 0.481 e. The van der Waals surface area contributed by atoms with Crippen molar-refractivity contribution in [3.8, 4) is 0 Å². The summed E-state index contributed by atoms with van der Waals surface area (Å²) in [7, 11) is 1.87. The molecule has 1 atom stereocenters. The highest BCUT2D eigenvalue weighted by Crippen LogP contribution is 2.16. The molecule has 2 aromatic rings. The van der Waals surface area contributed by atoms with Crippen molar-refractivity contribution in [3.63, 3.8) is 0 Å². The molecule has 2 rings (SSSR count).